The van der Waals surface area contributed by atoms with Gasteiger partial charge in [-0.05, 0) is 43.7 Å². The van der Waals surface area contributed by atoms with E-state index in [0.29, 0.717) is 0 Å². The normalized spacial score (nSPS) is 20.9. The summed E-state index contributed by atoms with van der Waals surface area (Å²) in [4.78, 5) is 26.0. The van der Waals surface area contributed by atoms with Gasteiger partial charge in [-0.15, -0.1) is 0 Å². The lowest BCUT2D eigenvalue weighted by molar-refractivity contribution is -0.141. The quantitative estimate of drug-likeness (QED) is 0.707. The molecule has 142 valence electrons. The highest BCUT2D eigenvalue weighted by Crippen LogP contribution is 2.42. The van der Waals surface area contributed by atoms with Gasteiger partial charge in [-0.25, -0.2) is 4.39 Å². The molecule has 3 N–H and O–H groups in total. The summed E-state index contributed by atoms with van der Waals surface area (Å²) < 4.78 is 14.2. The molecule has 0 spiro atoms. The molecular formula is C19H25FN2O4. The second-order valence-corrected chi connectivity index (χ2v) is 7.67. The third-order valence-corrected chi connectivity index (χ3v) is 5.29. The van der Waals surface area contributed by atoms with Gasteiger partial charge in [-0.1, -0.05) is 19.1 Å². The van der Waals surface area contributed by atoms with Crippen LogP contribution in [0.4, 0.5) is 4.39 Å². The maximum atomic E-state index is 14.2. The number of hydrogen-bond acceptors (Lipinski definition) is 4. The molecule has 1 aromatic rings. The molecule has 1 atom stereocenters. The van der Waals surface area contributed by atoms with E-state index in [2.05, 4.69) is 5.32 Å². The molecule has 6 nitrogen and oxygen atoms in total. The Morgan fingerprint density at radius 3 is 2.62 bits per heavy atom. The minimum atomic E-state index is -1.50. The SMILES string of the molecule is CCC(C)(O)C(=O)NCC1(O)CN(C(=O)c2c(F)cccc2C2CC2)C1. The molecule has 1 saturated carbocycles. The van der Waals surface area contributed by atoms with Gasteiger partial charge in [0.2, 0.25) is 0 Å². The number of aliphatic hydroxyl groups is 2. The van der Waals surface area contributed by atoms with Gasteiger partial charge >= 0.3 is 0 Å². The number of halogens is 1. The van der Waals surface area contributed by atoms with Crippen molar-refractivity contribution in [2.75, 3.05) is 19.6 Å². The summed E-state index contributed by atoms with van der Waals surface area (Å²) in [6.07, 6.45) is 2.16. The van der Waals surface area contributed by atoms with Crippen LogP contribution in [0.2, 0.25) is 0 Å². The van der Waals surface area contributed by atoms with Crippen LogP contribution in [0.5, 0.6) is 0 Å². The smallest absolute Gasteiger partial charge is 0.257 e. The molecule has 2 amide bonds. The summed E-state index contributed by atoms with van der Waals surface area (Å²) >= 11 is 0. The molecule has 3 rings (SSSR count). The van der Waals surface area contributed by atoms with E-state index in [-0.39, 0.29) is 37.5 Å². The second kappa shape index (κ2) is 6.63. The molecule has 1 unspecified atom stereocenters. The molecule has 1 aromatic carbocycles. The van der Waals surface area contributed by atoms with Crippen molar-refractivity contribution < 1.29 is 24.2 Å². The van der Waals surface area contributed by atoms with Crippen LogP contribution in [0.15, 0.2) is 18.2 Å². The minimum Gasteiger partial charge on any atom is -0.384 e. The molecule has 0 aromatic heterocycles. The molecular weight excluding hydrogens is 339 g/mol. The molecule has 1 saturated heterocycles. The van der Waals surface area contributed by atoms with Crippen LogP contribution in [0, 0.1) is 5.82 Å². The van der Waals surface area contributed by atoms with E-state index in [1.807, 2.05) is 0 Å². The van der Waals surface area contributed by atoms with Gasteiger partial charge in [-0.3, -0.25) is 9.59 Å². The van der Waals surface area contributed by atoms with E-state index in [9.17, 15) is 24.2 Å². The molecule has 0 bridgehead atoms. The fourth-order valence-corrected chi connectivity index (χ4v) is 3.17. The van der Waals surface area contributed by atoms with E-state index in [1.54, 1.807) is 19.1 Å². The fourth-order valence-electron chi connectivity index (χ4n) is 3.17. The van der Waals surface area contributed by atoms with Gasteiger partial charge in [0, 0.05) is 6.54 Å². The highest BCUT2D eigenvalue weighted by molar-refractivity contribution is 5.97. The molecule has 7 heteroatoms. The maximum Gasteiger partial charge on any atom is 0.257 e. The van der Waals surface area contributed by atoms with Crippen LogP contribution in [0.3, 0.4) is 0 Å². The van der Waals surface area contributed by atoms with Crippen LogP contribution in [-0.4, -0.2) is 57.8 Å². The highest BCUT2D eigenvalue weighted by atomic mass is 19.1. The highest BCUT2D eigenvalue weighted by Gasteiger charge is 2.46. The molecule has 2 fully saturated rings. The zero-order chi connectivity index (χ0) is 19.1. The number of amides is 2. The van der Waals surface area contributed by atoms with E-state index in [0.717, 1.165) is 18.4 Å². The number of carbonyl (C=O) groups is 2. The first-order valence-electron chi connectivity index (χ1n) is 8.97. The zero-order valence-corrected chi connectivity index (χ0v) is 15.1. The summed E-state index contributed by atoms with van der Waals surface area (Å²) in [6.45, 7) is 3.04. The molecule has 1 aliphatic carbocycles. The van der Waals surface area contributed by atoms with Crippen molar-refractivity contribution in [2.24, 2.45) is 0 Å². The molecule has 1 aliphatic heterocycles. The number of β-amino-alcohol motifs (C(OH)–C–C–N with tert-alkyl or cyclic N) is 1. The average Bonchev–Trinajstić information content (AvgIpc) is 3.41. The van der Waals surface area contributed by atoms with Crippen molar-refractivity contribution >= 4 is 11.8 Å². The minimum absolute atomic E-state index is 0.0127. The van der Waals surface area contributed by atoms with Gasteiger partial charge < -0.3 is 20.4 Å². The maximum absolute atomic E-state index is 14.2. The fraction of sp³-hybridized carbons (Fsp3) is 0.579. The Labute approximate surface area is 152 Å². The predicted octanol–water partition coefficient (Wildman–Crippen LogP) is 1.17. The zero-order valence-electron chi connectivity index (χ0n) is 15.1. The van der Waals surface area contributed by atoms with Crippen LogP contribution < -0.4 is 5.32 Å². The van der Waals surface area contributed by atoms with Crippen molar-refractivity contribution in [1.29, 1.82) is 0 Å². The van der Waals surface area contributed by atoms with Crippen molar-refractivity contribution in [2.45, 2.75) is 50.2 Å². The van der Waals surface area contributed by atoms with Crippen LogP contribution in [-0.2, 0) is 4.79 Å². The van der Waals surface area contributed by atoms with Gasteiger partial charge in [0.1, 0.15) is 17.0 Å². The molecule has 26 heavy (non-hydrogen) atoms. The summed E-state index contributed by atoms with van der Waals surface area (Å²) in [7, 11) is 0. The Hall–Kier alpha value is -1.99. The Morgan fingerprint density at radius 1 is 1.38 bits per heavy atom. The lowest BCUT2D eigenvalue weighted by atomic mass is 9.91. The van der Waals surface area contributed by atoms with E-state index in [1.165, 1.54) is 17.9 Å². The summed E-state index contributed by atoms with van der Waals surface area (Å²) in [5.74, 6) is -1.30. The van der Waals surface area contributed by atoms with Crippen molar-refractivity contribution in [3.8, 4) is 0 Å². The van der Waals surface area contributed by atoms with E-state index < -0.39 is 28.8 Å². The topological polar surface area (TPSA) is 89.9 Å². The number of benzene rings is 1. The lowest BCUT2D eigenvalue weighted by Gasteiger charge is -2.46. The second-order valence-electron chi connectivity index (χ2n) is 7.67. The monoisotopic (exact) mass is 364 g/mol. The average molecular weight is 364 g/mol. The van der Waals surface area contributed by atoms with Crippen molar-refractivity contribution in [3.63, 3.8) is 0 Å². The first-order chi connectivity index (χ1) is 12.2. The Kier molecular flexibility index (Phi) is 4.79. The van der Waals surface area contributed by atoms with Gasteiger partial charge in [-0.2, -0.15) is 0 Å². The Morgan fingerprint density at radius 2 is 2.04 bits per heavy atom. The van der Waals surface area contributed by atoms with Crippen LogP contribution >= 0.6 is 0 Å². The van der Waals surface area contributed by atoms with Crippen molar-refractivity contribution in [1.82, 2.24) is 10.2 Å². The third-order valence-electron chi connectivity index (χ3n) is 5.29. The number of nitrogens with one attached hydrogen (secondary N) is 1. The largest absolute Gasteiger partial charge is 0.384 e. The van der Waals surface area contributed by atoms with Gasteiger partial charge in [0.25, 0.3) is 11.8 Å². The number of hydrogen-bond donors (Lipinski definition) is 3. The summed E-state index contributed by atoms with van der Waals surface area (Å²) in [6, 6.07) is 4.67. The summed E-state index contributed by atoms with van der Waals surface area (Å²) in [5, 5.41) is 22.8. The predicted molar refractivity (Wildman–Crippen MR) is 93.2 cm³/mol. The number of rotatable bonds is 6. The number of likely N-dealkylation sites (tertiary alicyclic amines) is 1. The number of nitrogens with zero attached hydrogens (tertiary/aromatic N) is 1. The molecule has 0 radical (unpaired) electrons. The van der Waals surface area contributed by atoms with E-state index in [4.69, 9.17) is 0 Å². The first kappa shape index (κ1) is 18.8. The van der Waals surface area contributed by atoms with Gasteiger partial charge in [0.15, 0.2) is 0 Å². The summed E-state index contributed by atoms with van der Waals surface area (Å²) in [5.41, 5.74) is -1.94. The molecule has 1 heterocycles. The molecule has 2 aliphatic rings. The third kappa shape index (κ3) is 3.59. The Balaban J connectivity index is 1.61. The Bertz CT molecular complexity index is 724. The van der Waals surface area contributed by atoms with Gasteiger partial charge in [0.05, 0.1) is 18.7 Å². The lowest BCUT2D eigenvalue weighted by Crippen LogP contribution is -2.68. The first-order valence-corrected chi connectivity index (χ1v) is 8.97. The van der Waals surface area contributed by atoms with Crippen molar-refractivity contribution in [3.05, 3.63) is 35.1 Å². The van der Waals surface area contributed by atoms with Crippen LogP contribution in [0.25, 0.3) is 0 Å². The standard InChI is InChI=1S/C19H25FN2O4/c1-3-18(2,25)17(24)21-9-19(26)10-22(11-19)16(23)15-13(12-7-8-12)5-4-6-14(15)20/h4-6,12,25-26H,3,7-11H2,1-2H3,(H,21,24). The van der Waals surface area contributed by atoms with E-state index >= 15 is 0 Å². The number of carbonyl (C=O) groups excluding carboxylic acids is 2. The van der Waals surface area contributed by atoms with Crippen LogP contribution in [0.1, 0.15) is 54.9 Å².